The normalized spacial score (nSPS) is 13.2. The monoisotopic (exact) mass is 129 g/mol. The van der Waals surface area contributed by atoms with Crippen LogP contribution in [0, 0.1) is 6.54 Å². The van der Waals surface area contributed by atoms with E-state index in [4.69, 9.17) is 0 Å². The fraction of sp³-hybridized carbons (Fsp3) is 0. The third kappa shape index (κ3) is 0.772. The summed E-state index contributed by atoms with van der Waals surface area (Å²) in [5, 5.41) is 0. The van der Waals surface area contributed by atoms with Gasteiger partial charge in [0.05, 0.1) is 6.08 Å². The number of hydrogen-bond donors (Lipinski definition) is 0. The molecule has 47 valence electrons. The first kappa shape index (κ1) is 5.45. The highest BCUT2D eigenvalue weighted by Crippen LogP contribution is 1.97. The molecule has 0 fully saturated rings. The van der Waals surface area contributed by atoms with Crippen LogP contribution < -0.4 is 4.57 Å². The molecular weight excluding hydrogens is 122 g/mol. The molecule has 0 spiro atoms. The molecule has 0 saturated heterocycles. The SMILES string of the molecule is C1=C[CH][n+]2ccccc2C=1. The number of pyridine rings is 1. The summed E-state index contributed by atoms with van der Waals surface area (Å²) in [6, 6.07) is 6.08. The van der Waals surface area contributed by atoms with Gasteiger partial charge in [-0.05, 0) is 6.07 Å². The summed E-state index contributed by atoms with van der Waals surface area (Å²) >= 11 is 0. The Morgan fingerprint density at radius 2 is 2.30 bits per heavy atom. The van der Waals surface area contributed by atoms with Crippen LogP contribution in [0.4, 0.5) is 0 Å². The first-order chi connectivity index (χ1) is 4.97. The van der Waals surface area contributed by atoms with E-state index in [2.05, 4.69) is 16.4 Å². The lowest BCUT2D eigenvalue weighted by Crippen LogP contribution is -2.34. The van der Waals surface area contributed by atoms with E-state index < -0.39 is 0 Å². The van der Waals surface area contributed by atoms with Gasteiger partial charge in [-0.3, -0.25) is 0 Å². The molecule has 0 saturated carbocycles. The fourth-order valence-corrected chi connectivity index (χ4v) is 0.984. The number of fused-ring (bicyclic) bond motifs is 1. The lowest BCUT2D eigenvalue weighted by atomic mass is 10.3. The largest absolute Gasteiger partial charge is 0.250 e. The molecule has 1 heteroatoms. The Kier molecular flexibility index (Phi) is 1.16. The van der Waals surface area contributed by atoms with Gasteiger partial charge in [-0.1, -0.05) is 0 Å². The first-order valence-electron chi connectivity index (χ1n) is 3.23. The summed E-state index contributed by atoms with van der Waals surface area (Å²) in [5.74, 6) is 0. The molecule has 0 amide bonds. The second-order valence-corrected chi connectivity index (χ2v) is 2.16. The number of aromatic nitrogens is 1. The molecule has 0 N–H and O–H groups in total. The number of hydrogen-bond acceptors (Lipinski definition) is 0. The fourth-order valence-electron chi connectivity index (χ4n) is 0.984. The topological polar surface area (TPSA) is 3.88 Å². The Bertz CT molecular complexity index is 306. The smallest absolute Gasteiger partial charge is 0.184 e. The molecule has 0 unspecified atom stereocenters. The van der Waals surface area contributed by atoms with Crippen molar-refractivity contribution >= 4 is 6.08 Å². The Labute approximate surface area is 59.9 Å². The van der Waals surface area contributed by atoms with E-state index >= 15 is 0 Å². The molecule has 1 aliphatic rings. The molecule has 2 heterocycles. The van der Waals surface area contributed by atoms with Gasteiger partial charge in [-0.2, -0.15) is 4.57 Å². The molecule has 1 aliphatic heterocycles. The van der Waals surface area contributed by atoms with Crippen LogP contribution in [0.5, 0.6) is 0 Å². The van der Waals surface area contributed by atoms with E-state index in [-0.39, 0.29) is 0 Å². The molecule has 1 aromatic rings. The lowest BCUT2D eigenvalue weighted by Gasteiger charge is -1.95. The maximum Gasteiger partial charge on any atom is 0.250 e. The van der Waals surface area contributed by atoms with Crippen LogP contribution in [-0.4, -0.2) is 0 Å². The number of nitrogens with zero attached hydrogens (tertiary/aromatic N) is 1. The van der Waals surface area contributed by atoms with Crippen molar-refractivity contribution in [2.75, 3.05) is 0 Å². The van der Waals surface area contributed by atoms with Gasteiger partial charge in [0.2, 0.25) is 12.2 Å². The minimum atomic E-state index is 1.17. The van der Waals surface area contributed by atoms with Gasteiger partial charge in [-0.15, -0.1) is 5.73 Å². The standard InChI is InChI=1S/C9H7N/c1-3-7-10-8-4-2-6-9(10)5-1/h1,3-8H/q+1. The van der Waals surface area contributed by atoms with Gasteiger partial charge >= 0.3 is 0 Å². The predicted molar refractivity (Wildman–Crippen MR) is 38.9 cm³/mol. The Morgan fingerprint density at radius 3 is 3.20 bits per heavy atom. The van der Waals surface area contributed by atoms with Crippen LogP contribution >= 0.6 is 0 Å². The van der Waals surface area contributed by atoms with E-state index in [0.29, 0.717) is 0 Å². The summed E-state index contributed by atoms with van der Waals surface area (Å²) in [5.41, 5.74) is 4.19. The Balaban J connectivity index is 2.63. The second kappa shape index (κ2) is 2.13. The summed E-state index contributed by atoms with van der Waals surface area (Å²) in [6.45, 7) is 1.98. The van der Waals surface area contributed by atoms with Crippen molar-refractivity contribution in [1.82, 2.24) is 0 Å². The summed E-state index contributed by atoms with van der Waals surface area (Å²) < 4.78 is 2.05. The molecule has 1 radical (unpaired) electrons. The van der Waals surface area contributed by atoms with Crippen molar-refractivity contribution in [3.8, 4) is 0 Å². The average molecular weight is 129 g/mol. The molecular formula is C9H7N+. The zero-order valence-corrected chi connectivity index (χ0v) is 5.49. The van der Waals surface area contributed by atoms with Crippen molar-refractivity contribution in [2.24, 2.45) is 0 Å². The highest BCUT2D eigenvalue weighted by Gasteiger charge is 2.06. The zero-order valence-electron chi connectivity index (χ0n) is 5.49. The van der Waals surface area contributed by atoms with Crippen LogP contribution in [0.15, 0.2) is 36.2 Å². The molecule has 0 bridgehead atoms. The van der Waals surface area contributed by atoms with Crippen molar-refractivity contribution < 1.29 is 4.57 Å². The van der Waals surface area contributed by atoms with Gasteiger partial charge in [0.25, 0.3) is 0 Å². The van der Waals surface area contributed by atoms with E-state index in [9.17, 15) is 0 Å². The lowest BCUT2D eigenvalue weighted by molar-refractivity contribution is -0.630. The average Bonchev–Trinajstić information content (AvgIpc) is 2.05. The molecule has 0 aromatic carbocycles. The van der Waals surface area contributed by atoms with Crippen molar-refractivity contribution in [3.63, 3.8) is 0 Å². The maximum atomic E-state index is 3.01. The molecule has 10 heavy (non-hydrogen) atoms. The molecule has 1 aromatic heterocycles. The van der Waals surface area contributed by atoms with Gasteiger partial charge in [-0.25, -0.2) is 0 Å². The van der Waals surface area contributed by atoms with Gasteiger partial charge in [0, 0.05) is 18.2 Å². The zero-order chi connectivity index (χ0) is 6.81. The molecule has 0 aliphatic carbocycles. The van der Waals surface area contributed by atoms with Crippen LogP contribution in [-0.2, 0) is 0 Å². The minimum Gasteiger partial charge on any atom is -0.184 e. The van der Waals surface area contributed by atoms with Crippen LogP contribution in [0.1, 0.15) is 5.69 Å². The molecule has 0 atom stereocenters. The number of allylic oxidation sites excluding steroid dienone is 1. The Hall–Kier alpha value is -1.33. The van der Waals surface area contributed by atoms with Crippen molar-refractivity contribution in [3.05, 3.63) is 48.4 Å². The van der Waals surface area contributed by atoms with Gasteiger partial charge in [0.1, 0.15) is 0 Å². The van der Waals surface area contributed by atoms with E-state index in [1.54, 1.807) is 0 Å². The molecule has 1 nitrogen and oxygen atoms in total. The highest BCUT2D eigenvalue weighted by molar-refractivity contribution is 5.41. The third-order valence-electron chi connectivity index (χ3n) is 1.49. The van der Waals surface area contributed by atoms with Crippen molar-refractivity contribution in [2.45, 2.75) is 0 Å². The van der Waals surface area contributed by atoms with E-state index in [1.165, 1.54) is 5.69 Å². The molecule has 2 rings (SSSR count). The summed E-state index contributed by atoms with van der Waals surface area (Å²) in [6.07, 6.45) is 5.87. The van der Waals surface area contributed by atoms with E-state index in [1.807, 2.05) is 37.0 Å². The third-order valence-corrected chi connectivity index (χ3v) is 1.49. The summed E-state index contributed by atoms with van der Waals surface area (Å²) in [7, 11) is 0. The van der Waals surface area contributed by atoms with Crippen LogP contribution in [0.2, 0.25) is 0 Å². The van der Waals surface area contributed by atoms with Gasteiger partial charge < -0.3 is 0 Å². The van der Waals surface area contributed by atoms with Crippen LogP contribution in [0.25, 0.3) is 6.08 Å². The van der Waals surface area contributed by atoms with Crippen LogP contribution in [0.3, 0.4) is 0 Å². The van der Waals surface area contributed by atoms with E-state index in [0.717, 1.165) is 0 Å². The second-order valence-electron chi connectivity index (χ2n) is 2.16. The summed E-state index contributed by atoms with van der Waals surface area (Å²) in [4.78, 5) is 0. The highest BCUT2D eigenvalue weighted by atomic mass is 14.9. The quantitative estimate of drug-likeness (QED) is 0.365. The van der Waals surface area contributed by atoms with Crippen molar-refractivity contribution in [1.29, 1.82) is 0 Å². The first-order valence-corrected chi connectivity index (χ1v) is 3.23. The predicted octanol–water partition coefficient (Wildman–Crippen LogP) is 1.17. The maximum absolute atomic E-state index is 3.01. The minimum absolute atomic E-state index is 1.17. The Morgan fingerprint density at radius 1 is 1.30 bits per heavy atom. The number of rotatable bonds is 0. The van der Waals surface area contributed by atoms with Gasteiger partial charge in [0.15, 0.2) is 6.20 Å².